The summed E-state index contributed by atoms with van der Waals surface area (Å²) in [5.41, 5.74) is -0.695. The first kappa shape index (κ1) is 18.6. The number of rotatable bonds is 3. The van der Waals surface area contributed by atoms with Crippen LogP contribution in [0.5, 0.6) is 0 Å². The van der Waals surface area contributed by atoms with Gasteiger partial charge in [-0.3, -0.25) is 9.59 Å². The molecule has 0 bridgehead atoms. The summed E-state index contributed by atoms with van der Waals surface area (Å²) in [7, 11) is 0. The van der Waals surface area contributed by atoms with Gasteiger partial charge in [0.05, 0.1) is 12.1 Å². The van der Waals surface area contributed by atoms with Crippen LogP contribution >= 0.6 is 0 Å². The summed E-state index contributed by atoms with van der Waals surface area (Å²) in [5.74, 6) is 0.444. The lowest BCUT2D eigenvalue weighted by molar-refractivity contribution is -0.154. The SMILES string of the molecule is C[C@@H]1CN(C(=O)CN2CCCCCC2=O)CC[C@@]1(O)C1CCOCC1. The predicted molar refractivity (Wildman–Crippen MR) is 93.9 cm³/mol. The summed E-state index contributed by atoms with van der Waals surface area (Å²) in [5, 5.41) is 11.2. The number of carbonyl (C=O) groups excluding carboxylic acids is 2. The quantitative estimate of drug-likeness (QED) is 0.834. The summed E-state index contributed by atoms with van der Waals surface area (Å²) in [6.07, 6.45) is 5.97. The number of hydrogen-bond donors (Lipinski definition) is 1. The number of amides is 2. The number of nitrogens with zero attached hydrogens (tertiary/aromatic N) is 2. The van der Waals surface area contributed by atoms with Gasteiger partial charge in [-0.05, 0) is 38.0 Å². The highest BCUT2D eigenvalue weighted by molar-refractivity contribution is 5.85. The summed E-state index contributed by atoms with van der Waals surface area (Å²) >= 11 is 0. The Balaban J connectivity index is 1.56. The molecule has 2 atom stereocenters. The summed E-state index contributed by atoms with van der Waals surface area (Å²) in [4.78, 5) is 28.4. The van der Waals surface area contributed by atoms with E-state index >= 15 is 0 Å². The Hall–Kier alpha value is -1.14. The molecule has 6 nitrogen and oxygen atoms in total. The fourth-order valence-corrected chi connectivity index (χ4v) is 4.64. The van der Waals surface area contributed by atoms with Crippen LogP contribution in [-0.4, -0.2) is 71.7 Å². The monoisotopic (exact) mass is 352 g/mol. The molecule has 142 valence electrons. The third-order valence-electron chi connectivity index (χ3n) is 6.41. The van der Waals surface area contributed by atoms with Gasteiger partial charge in [0.1, 0.15) is 0 Å². The van der Waals surface area contributed by atoms with Crippen LogP contribution in [0.15, 0.2) is 0 Å². The maximum Gasteiger partial charge on any atom is 0.242 e. The zero-order chi connectivity index (χ0) is 17.9. The average Bonchev–Trinajstić information content (AvgIpc) is 2.82. The minimum atomic E-state index is -0.695. The lowest BCUT2D eigenvalue weighted by Crippen LogP contribution is -2.58. The Morgan fingerprint density at radius 2 is 2.00 bits per heavy atom. The molecule has 1 N–H and O–H groups in total. The second kappa shape index (κ2) is 8.04. The van der Waals surface area contributed by atoms with Gasteiger partial charge < -0.3 is 19.6 Å². The van der Waals surface area contributed by atoms with Gasteiger partial charge >= 0.3 is 0 Å². The van der Waals surface area contributed by atoms with Crippen molar-refractivity contribution < 1.29 is 19.4 Å². The lowest BCUT2D eigenvalue weighted by Gasteiger charge is -2.48. The Kier molecular flexibility index (Phi) is 6.00. The van der Waals surface area contributed by atoms with Gasteiger partial charge in [-0.1, -0.05) is 13.3 Å². The van der Waals surface area contributed by atoms with Crippen LogP contribution in [0.25, 0.3) is 0 Å². The van der Waals surface area contributed by atoms with Crippen molar-refractivity contribution in [3.63, 3.8) is 0 Å². The third-order valence-corrected chi connectivity index (χ3v) is 6.41. The van der Waals surface area contributed by atoms with E-state index in [1.54, 1.807) is 4.90 Å². The summed E-state index contributed by atoms with van der Waals surface area (Å²) in [6, 6.07) is 0. The minimum Gasteiger partial charge on any atom is -0.389 e. The molecule has 2 amide bonds. The van der Waals surface area contributed by atoms with Crippen LogP contribution < -0.4 is 0 Å². The smallest absolute Gasteiger partial charge is 0.242 e. The highest BCUT2D eigenvalue weighted by Crippen LogP contribution is 2.39. The standard InChI is InChI=1S/C19H32N2O4/c1-15-13-21(10-8-19(15,24)16-6-11-25-12-7-16)18(23)14-20-9-4-2-3-5-17(20)22/h15-16,24H,2-14H2,1H3/t15-,19+/m1/s1. The molecule has 3 fully saturated rings. The molecule has 3 rings (SSSR count). The van der Waals surface area contributed by atoms with E-state index in [-0.39, 0.29) is 30.2 Å². The first-order valence-electron chi connectivity index (χ1n) is 9.86. The van der Waals surface area contributed by atoms with Crippen LogP contribution in [0.4, 0.5) is 0 Å². The van der Waals surface area contributed by atoms with Gasteiger partial charge in [-0.2, -0.15) is 0 Å². The van der Waals surface area contributed by atoms with Crippen molar-refractivity contribution in [3.05, 3.63) is 0 Å². The number of hydrogen-bond acceptors (Lipinski definition) is 4. The Morgan fingerprint density at radius 3 is 2.72 bits per heavy atom. The van der Waals surface area contributed by atoms with Crippen molar-refractivity contribution in [1.82, 2.24) is 9.80 Å². The van der Waals surface area contributed by atoms with Crippen LogP contribution in [-0.2, 0) is 14.3 Å². The van der Waals surface area contributed by atoms with E-state index < -0.39 is 5.60 Å². The molecule has 0 aromatic rings. The fraction of sp³-hybridized carbons (Fsp3) is 0.895. The van der Waals surface area contributed by atoms with Crippen LogP contribution in [0.3, 0.4) is 0 Å². The first-order chi connectivity index (χ1) is 12.0. The minimum absolute atomic E-state index is 0.0242. The second-order valence-corrected chi connectivity index (χ2v) is 7.99. The van der Waals surface area contributed by atoms with Crippen LogP contribution in [0.1, 0.15) is 51.9 Å². The molecule has 25 heavy (non-hydrogen) atoms. The molecule has 6 heteroatoms. The molecule has 0 unspecified atom stereocenters. The topological polar surface area (TPSA) is 70.1 Å². The molecule has 3 aliphatic heterocycles. The highest BCUT2D eigenvalue weighted by atomic mass is 16.5. The van der Waals surface area contributed by atoms with E-state index in [9.17, 15) is 14.7 Å². The molecule has 3 saturated heterocycles. The van der Waals surface area contributed by atoms with E-state index in [2.05, 4.69) is 0 Å². The number of carbonyl (C=O) groups is 2. The van der Waals surface area contributed by atoms with Gasteiger partial charge in [0.15, 0.2) is 0 Å². The molecular formula is C19H32N2O4. The van der Waals surface area contributed by atoms with Crippen molar-refractivity contribution in [2.45, 2.75) is 57.5 Å². The maximum atomic E-state index is 12.7. The van der Waals surface area contributed by atoms with Crippen molar-refractivity contribution in [3.8, 4) is 0 Å². The van der Waals surface area contributed by atoms with Crippen molar-refractivity contribution in [1.29, 1.82) is 0 Å². The molecule has 0 radical (unpaired) electrons. The van der Waals surface area contributed by atoms with Crippen LogP contribution in [0, 0.1) is 11.8 Å². The lowest BCUT2D eigenvalue weighted by atomic mass is 9.70. The number of aliphatic hydroxyl groups is 1. The van der Waals surface area contributed by atoms with E-state index in [1.807, 2.05) is 11.8 Å². The van der Waals surface area contributed by atoms with E-state index in [1.165, 1.54) is 0 Å². The van der Waals surface area contributed by atoms with E-state index in [0.29, 0.717) is 32.5 Å². The molecule has 0 spiro atoms. The van der Waals surface area contributed by atoms with Gasteiger partial charge in [0, 0.05) is 45.2 Å². The van der Waals surface area contributed by atoms with Gasteiger partial charge in [0.25, 0.3) is 0 Å². The molecule has 0 aliphatic carbocycles. The molecule has 3 heterocycles. The van der Waals surface area contributed by atoms with E-state index in [0.717, 1.165) is 45.3 Å². The molecule has 0 aromatic heterocycles. The first-order valence-corrected chi connectivity index (χ1v) is 9.86. The maximum absolute atomic E-state index is 12.7. The third kappa shape index (κ3) is 4.17. The van der Waals surface area contributed by atoms with E-state index in [4.69, 9.17) is 4.74 Å². The number of ether oxygens (including phenoxy) is 1. The average molecular weight is 352 g/mol. The molecule has 3 aliphatic rings. The largest absolute Gasteiger partial charge is 0.389 e. The van der Waals surface area contributed by atoms with Crippen molar-refractivity contribution in [2.75, 3.05) is 39.4 Å². The fourth-order valence-electron chi connectivity index (χ4n) is 4.64. The summed E-state index contributed by atoms with van der Waals surface area (Å²) < 4.78 is 5.42. The van der Waals surface area contributed by atoms with Gasteiger partial charge in [0.2, 0.25) is 11.8 Å². The van der Waals surface area contributed by atoms with Gasteiger partial charge in [-0.15, -0.1) is 0 Å². The Morgan fingerprint density at radius 1 is 1.24 bits per heavy atom. The summed E-state index contributed by atoms with van der Waals surface area (Å²) in [6.45, 7) is 5.54. The zero-order valence-electron chi connectivity index (χ0n) is 15.4. The van der Waals surface area contributed by atoms with Gasteiger partial charge in [-0.25, -0.2) is 0 Å². The Labute approximate surface area is 150 Å². The number of likely N-dealkylation sites (tertiary alicyclic amines) is 2. The number of piperidine rings is 1. The predicted octanol–water partition coefficient (Wildman–Crippen LogP) is 1.42. The van der Waals surface area contributed by atoms with Crippen LogP contribution in [0.2, 0.25) is 0 Å². The van der Waals surface area contributed by atoms with Crippen molar-refractivity contribution >= 4 is 11.8 Å². The molecular weight excluding hydrogens is 320 g/mol. The Bertz CT molecular complexity index is 492. The zero-order valence-corrected chi connectivity index (χ0v) is 15.4. The second-order valence-electron chi connectivity index (χ2n) is 7.99. The highest BCUT2D eigenvalue weighted by Gasteiger charge is 2.46. The molecule has 0 aromatic carbocycles. The normalized spacial score (nSPS) is 32.6. The molecule has 0 saturated carbocycles. The van der Waals surface area contributed by atoms with Crippen molar-refractivity contribution in [2.24, 2.45) is 11.8 Å².